The number of para-hydroxylation sites is 2. The first-order valence-corrected chi connectivity index (χ1v) is 9.51. The van der Waals surface area contributed by atoms with Crippen molar-refractivity contribution in [2.45, 2.75) is 13.8 Å². The van der Waals surface area contributed by atoms with E-state index in [9.17, 15) is 9.59 Å². The second-order valence-corrected chi connectivity index (χ2v) is 6.43. The lowest BCUT2D eigenvalue weighted by Crippen LogP contribution is -2.35. The monoisotopic (exact) mass is 379 g/mol. The first kappa shape index (κ1) is 19.6. The molecule has 146 valence electrons. The van der Waals surface area contributed by atoms with Crippen molar-refractivity contribution in [1.82, 2.24) is 10.2 Å². The molecular weight excluding hydrogens is 354 g/mol. The first-order valence-electron chi connectivity index (χ1n) is 9.51. The number of nitrogens with zero attached hydrogens (tertiary/aromatic N) is 1. The number of carbonyl (C=O) groups is 2. The van der Waals surface area contributed by atoms with Gasteiger partial charge in [0, 0.05) is 18.5 Å². The second-order valence-electron chi connectivity index (χ2n) is 6.43. The second kappa shape index (κ2) is 9.19. The Balaban J connectivity index is 1.69. The molecule has 0 spiro atoms. The molecule has 0 fully saturated rings. The van der Waals surface area contributed by atoms with E-state index in [1.54, 1.807) is 30.3 Å². The Labute approximate surface area is 164 Å². The molecule has 0 unspecified atom stereocenters. The third kappa shape index (κ3) is 4.58. The van der Waals surface area contributed by atoms with Crippen molar-refractivity contribution in [3.05, 3.63) is 65.9 Å². The fraction of sp³-hybridized carbons (Fsp3) is 0.273. The predicted octanol–water partition coefficient (Wildman–Crippen LogP) is 3.76. The fourth-order valence-electron chi connectivity index (χ4n) is 3.03. The minimum Gasteiger partial charge on any atom is -0.451 e. The zero-order valence-corrected chi connectivity index (χ0v) is 16.2. The van der Waals surface area contributed by atoms with Crippen molar-refractivity contribution >= 4 is 28.5 Å². The molecular formula is C22H25N3O3. The van der Waals surface area contributed by atoms with Crippen molar-refractivity contribution in [3.63, 3.8) is 0 Å². The van der Waals surface area contributed by atoms with Gasteiger partial charge in [-0.1, -0.05) is 44.2 Å². The number of rotatable bonds is 8. The van der Waals surface area contributed by atoms with Crippen LogP contribution in [-0.4, -0.2) is 42.9 Å². The van der Waals surface area contributed by atoms with Gasteiger partial charge in [0.15, 0.2) is 5.76 Å². The van der Waals surface area contributed by atoms with E-state index in [1.807, 2.05) is 24.3 Å². The van der Waals surface area contributed by atoms with Gasteiger partial charge in [-0.3, -0.25) is 9.59 Å². The molecule has 0 aliphatic rings. The maximum absolute atomic E-state index is 12.6. The highest BCUT2D eigenvalue weighted by Crippen LogP contribution is 2.21. The third-order valence-corrected chi connectivity index (χ3v) is 4.68. The molecule has 6 nitrogen and oxygen atoms in total. The molecule has 3 aromatic rings. The lowest BCUT2D eigenvalue weighted by atomic mass is 10.1. The van der Waals surface area contributed by atoms with Crippen LogP contribution in [0.15, 0.2) is 59.0 Å². The minimum atomic E-state index is -0.389. The third-order valence-electron chi connectivity index (χ3n) is 4.68. The Morgan fingerprint density at radius 2 is 1.68 bits per heavy atom. The van der Waals surface area contributed by atoms with Gasteiger partial charge in [-0.05, 0) is 37.4 Å². The fourth-order valence-corrected chi connectivity index (χ4v) is 3.03. The lowest BCUT2D eigenvalue weighted by molar-refractivity contribution is 0.0950. The molecule has 0 radical (unpaired) electrons. The summed E-state index contributed by atoms with van der Waals surface area (Å²) in [7, 11) is 0. The van der Waals surface area contributed by atoms with Gasteiger partial charge >= 0.3 is 0 Å². The summed E-state index contributed by atoms with van der Waals surface area (Å²) in [5.41, 5.74) is 1.52. The summed E-state index contributed by atoms with van der Waals surface area (Å²) in [5.74, 6) is -0.398. The summed E-state index contributed by atoms with van der Waals surface area (Å²) in [5, 5.41) is 6.56. The standard InChI is InChI=1S/C22H25N3O3/c1-3-25(4-2)14-13-23-21(26)17-10-6-7-11-18(17)24-22(27)20-15-16-9-5-8-12-19(16)28-20/h5-12,15H,3-4,13-14H2,1-2H3,(H,23,26)(H,24,27). The maximum atomic E-state index is 12.6. The molecule has 1 heterocycles. The summed E-state index contributed by atoms with van der Waals surface area (Å²) in [6.45, 7) is 7.40. The number of likely N-dealkylation sites (N-methyl/N-ethyl adjacent to an activating group) is 1. The molecule has 0 saturated carbocycles. The van der Waals surface area contributed by atoms with E-state index < -0.39 is 0 Å². The summed E-state index contributed by atoms with van der Waals surface area (Å²) in [4.78, 5) is 27.4. The number of fused-ring (bicyclic) bond motifs is 1. The van der Waals surface area contributed by atoms with Gasteiger partial charge in [-0.25, -0.2) is 0 Å². The molecule has 0 saturated heterocycles. The molecule has 2 amide bonds. The zero-order chi connectivity index (χ0) is 19.9. The number of amides is 2. The summed E-state index contributed by atoms with van der Waals surface area (Å²) in [6, 6.07) is 16.1. The highest BCUT2D eigenvalue weighted by atomic mass is 16.3. The number of anilines is 1. The molecule has 0 aliphatic carbocycles. The molecule has 3 rings (SSSR count). The number of carbonyl (C=O) groups excluding carboxylic acids is 2. The van der Waals surface area contributed by atoms with Crippen LogP contribution in [0.2, 0.25) is 0 Å². The van der Waals surface area contributed by atoms with Crippen molar-refractivity contribution in [1.29, 1.82) is 0 Å². The normalized spacial score (nSPS) is 11.0. The Hall–Kier alpha value is -3.12. The average Bonchev–Trinajstić information content (AvgIpc) is 3.16. The van der Waals surface area contributed by atoms with Gasteiger partial charge in [0.1, 0.15) is 5.58 Å². The quantitative estimate of drug-likeness (QED) is 0.625. The number of hydrogen-bond donors (Lipinski definition) is 2. The van der Waals surface area contributed by atoms with Crippen molar-refractivity contribution < 1.29 is 14.0 Å². The SMILES string of the molecule is CCN(CC)CCNC(=O)c1ccccc1NC(=O)c1cc2ccccc2o1. The summed E-state index contributed by atoms with van der Waals surface area (Å²) < 4.78 is 5.60. The zero-order valence-electron chi connectivity index (χ0n) is 16.2. The molecule has 0 atom stereocenters. The van der Waals surface area contributed by atoms with Crippen LogP contribution in [0, 0.1) is 0 Å². The van der Waals surface area contributed by atoms with Crippen LogP contribution in [0.25, 0.3) is 11.0 Å². The van der Waals surface area contributed by atoms with Crippen molar-refractivity contribution in [2.75, 3.05) is 31.5 Å². The largest absolute Gasteiger partial charge is 0.451 e. The maximum Gasteiger partial charge on any atom is 0.291 e. The lowest BCUT2D eigenvalue weighted by Gasteiger charge is -2.18. The summed E-state index contributed by atoms with van der Waals surface area (Å²) >= 11 is 0. The van der Waals surface area contributed by atoms with E-state index in [0.717, 1.165) is 25.0 Å². The summed E-state index contributed by atoms with van der Waals surface area (Å²) in [6.07, 6.45) is 0. The highest BCUT2D eigenvalue weighted by molar-refractivity contribution is 6.09. The van der Waals surface area contributed by atoms with E-state index in [1.165, 1.54) is 0 Å². The van der Waals surface area contributed by atoms with Gasteiger partial charge in [0.25, 0.3) is 11.8 Å². The first-order chi connectivity index (χ1) is 13.6. The molecule has 0 aliphatic heterocycles. The number of hydrogen-bond acceptors (Lipinski definition) is 4. The van der Waals surface area contributed by atoms with Crippen LogP contribution < -0.4 is 10.6 Å². The molecule has 2 N–H and O–H groups in total. The molecule has 6 heteroatoms. The Bertz CT molecular complexity index is 927. The van der Waals surface area contributed by atoms with Crippen LogP contribution in [-0.2, 0) is 0 Å². The highest BCUT2D eigenvalue weighted by Gasteiger charge is 2.16. The van der Waals surface area contributed by atoms with Gasteiger partial charge in [0.05, 0.1) is 11.3 Å². The van der Waals surface area contributed by atoms with E-state index in [2.05, 4.69) is 29.4 Å². The molecule has 2 aromatic carbocycles. The molecule has 28 heavy (non-hydrogen) atoms. The van der Waals surface area contributed by atoms with Crippen molar-refractivity contribution in [2.24, 2.45) is 0 Å². The molecule has 0 bridgehead atoms. The van der Waals surface area contributed by atoms with Crippen molar-refractivity contribution in [3.8, 4) is 0 Å². The Kier molecular flexibility index (Phi) is 6.45. The predicted molar refractivity (Wildman–Crippen MR) is 111 cm³/mol. The van der Waals surface area contributed by atoms with Crippen LogP contribution in [0.1, 0.15) is 34.8 Å². The van der Waals surface area contributed by atoms with Gasteiger partial charge in [-0.15, -0.1) is 0 Å². The number of furan rings is 1. The van der Waals surface area contributed by atoms with E-state index in [-0.39, 0.29) is 17.6 Å². The smallest absolute Gasteiger partial charge is 0.291 e. The molecule has 1 aromatic heterocycles. The van der Waals surface area contributed by atoms with Crippen LogP contribution in [0.4, 0.5) is 5.69 Å². The van der Waals surface area contributed by atoms with Crippen LogP contribution in [0.5, 0.6) is 0 Å². The van der Waals surface area contributed by atoms with E-state index in [0.29, 0.717) is 23.4 Å². The van der Waals surface area contributed by atoms with Gasteiger partial charge in [-0.2, -0.15) is 0 Å². The van der Waals surface area contributed by atoms with Crippen LogP contribution >= 0.6 is 0 Å². The minimum absolute atomic E-state index is 0.206. The van der Waals surface area contributed by atoms with E-state index in [4.69, 9.17) is 4.42 Å². The topological polar surface area (TPSA) is 74.6 Å². The van der Waals surface area contributed by atoms with Crippen LogP contribution in [0.3, 0.4) is 0 Å². The Morgan fingerprint density at radius 3 is 2.43 bits per heavy atom. The number of nitrogens with one attached hydrogen (secondary N) is 2. The van der Waals surface area contributed by atoms with Gasteiger partial charge < -0.3 is 20.0 Å². The Morgan fingerprint density at radius 1 is 0.964 bits per heavy atom. The number of benzene rings is 2. The van der Waals surface area contributed by atoms with Gasteiger partial charge in [0.2, 0.25) is 0 Å². The van der Waals surface area contributed by atoms with E-state index >= 15 is 0 Å². The average molecular weight is 379 g/mol.